The molecule has 4 aromatic rings. The third-order valence-corrected chi connectivity index (χ3v) is 8.68. The monoisotopic (exact) mass is 586 g/mol. The first-order valence-corrected chi connectivity index (χ1v) is 15.2. The second-order valence-corrected chi connectivity index (χ2v) is 11.6. The number of amides is 1. The molecule has 0 unspecified atom stereocenters. The second-order valence-electron chi connectivity index (χ2n) is 11.6. The summed E-state index contributed by atoms with van der Waals surface area (Å²) < 4.78 is 26.4. The number of anilines is 1. The van der Waals surface area contributed by atoms with Crippen molar-refractivity contribution in [2.75, 3.05) is 45.3 Å². The highest BCUT2D eigenvalue weighted by Gasteiger charge is 2.27. The van der Waals surface area contributed by atoms with E-state index in [0.29, 0.717) is 42.6 Å². The minimum absolute atomic E-state index is 0.0508. The standard InChI is InChI=1S/C33H39FN6O3/c1-22-30-31(38-14-7-15-39(17-16-38)33(41)24-19-27(42-2)21-28(20-24)43-3)35-29(18-23-8-5-4-6-9-23)36-32(30)40(37-22)26-12-10-25(34)11-13-26/h10-13,19-21,23H,4-9,14-18H2,1-3H3. The van der Waals surface area contributed by atoms with Crippen molar-refractivity contribution in [1.82, 2.24) is 24.6 Å². The Morgan fingerprint density at radius 3 is 2.33 bits per heavy atom. The van der Waals surface area contributed by atoms with Gasteiger partial charge in [-0.15, -0.1) is 0 Å². The van der Waals surface area contributed by atoms with Gasteiger partial charge in [0.2, 0.25) is 0 Å². The highest BCUT2D eigenvalue weighted by Crippen LogP contribution is 2.32. The Bertz CT molecular complexity index is 1580. The molecular formula is C33H39FN6O3. The number of hydrogen-bond acceptors (Lipinski definition) is 7. The Morgan fingerprint density at radius 2 is 1.63 bits per heavy atom. The fraction of sp³-hybridized carbons (Fsp3) is 0.455. The molecule has 2 aromatic heterocycles. The number of carbonyl (C=O) groups excluding carboxylic acids is 1. The molecule has 0 N–H and O–H groups in total. The number of nitrogens with zero attached hydrogens (tertiary/aromatic N) is 6. The number of fused-ring (bicyclic) bond motifs is 1. The van der Waals surface area contributed by atoms with Crippen LogP contribution in [0.25, 0.3) is 16.7 Å². The molecule has 0 bridgehead atoms. The maximum atomic E-state index is 13.8. The largest absolute Gasteiger partial charge is 0.497 e. The van der Waals surface area contributed by atoms with Gasteiger partial charge in [-0.3, -0.25) is 4.79 Å². The number of benzene rings is 2. The van der Waals surface area contributed by atoms with Gasteiger partial charge in [0.25, 0.3) is 5.91 Å². The predicted molar refractivity (Wildman–Crippen MR) is 164 cm³/mol. The minimum Gasteiger partial charge on any atom is -0.497 e. The van der Waals surface area contributed by atoms with Crippen LogP contribution in [-0.4, -0.2) is 71.0 Å². The Morgan fingerprint density at radius 1 is 0.907 bits per heavy atom. The van der Waals surface area contributed by atoms with Crippen LogP contribution in [0.3, 0.4) is 0 Å². The summed E-state index contributed by atoms with van der Waals surface area (Å²) in [7, 11) is 3.16. The fourth-order valence-electron chi connectivity index (χ4n) is 6.38. The molecule has 2 fully saturated rings. The molecule has 6 rings (SSSR count). The Kier molecular flexibility index (Phi) is 8.44. The Hall–Kier alpha value is -4.21. The number of methoxy groups -OCH3 is 2. The molecule has 10 heteroatoms. The Balaban J connectivity index is 1.33. The molecule has 1 saturated carbocycles. The van der Waals surface area contributed by atoms with Gasteiger partial charge in [-0.2, -0.15) is 5.10 Å². The second kappa shape index (κ2) is 12.6. The number of rotatable bonds is 7. The summed E-state index contributed by atoms with van der Waals surface area (Å²) >= 11 is 0. The Labute approximate surface area is 251 Å². The van der Waals surface area contributed by atoms with Gasteiger partial charge in [0, 0.05) is 44.2 Å². The van der Waals surface area contributed by atoms with Crippen molar-refractivity contribution in [2.45, 2.75) is 51.9 Å². The first-order chi connectivity index (χ1) is 20.9. The molecule has 0 atom stereocenters. The van der Waals surface area contributed by atoms with Gasteiger partial charge in [0.1, 0.15) is 29.0 Å². The highest BCUT2D eigenvalue weighted by atomic mass is 19.1. The number of aryl methyl sites for hydroxylation is 1. The molecule has 2 aliphatic rings. The molecule has 3 heterocycles. The maximum absolute atomic E-state index is 13.8. The number of hydrogen-bond donors (Lipinski definition) is 0. The van der Waals surface area contributed by atoms with E-state index < -0.39 is 0 Å². The average molecular weight is 587 g/mol. The SMILES string of the molecule is COc1cc(OC)cc(C(=O)N2CCCN(c3nc(CC4CCCCC4)nc4c3c(C)nn4-c3ccc(F)cc3)CC2)c1. The number of carbonyl (C=O) groups is 1. The van der Waals surface area contributed by atoms with Crippen molar-refractivity contribution in [2.24, 2.45) is 5.92 Å². The van der Waals surface area contributed by atoms with E-state index in [1.807, 2.05) is 16.5 Å². The van der Waals surface area contributed by atoms with Gasteiger partial charge in [-0.25, -0.2) is 19.0 Å². The van der Waals surface area contributed by atoms with E-state index in [4.69, 9.17) is 24.5 Å². The van der Waals surface area contributed by atoms with Crippen molar-refractivity contribution in [1.29, 1.82) is 0 Å². The third kappa shape index (κ3) is 6.14. The zero-order valence-corrected chi connectivity index (χ0v) is 25.2. The van der Waals surface area contributed by atoms with Crippen molar-refractivity contribution < 1.29 is 18.7 Å². The van der Waals surface area contributed by atoms with Crippen molar-refractivity contribution >= 4 is 22.8 Å². The molecule has 0 spiro atoms. The van der Waals surface area contributed by atoms with E-state index in [1.165, 1.54) is 44.2 Å². The van der Waals surface area contributed by atoms with Crippen LogP contribution in [0.2, 0.25) is 0 Å². The number of aromatic nitrogens is 4. The third-order valence-electron chi connectivity index (χ3n) is 8.68. The van der Waals surface area contributed by atoms with Gasteiger partial charge < -0.3 is 19.3 Å². The normalized spacial score (nSPS) is 16.4. The summed E-state index contributed by atoms with van der Waals surface area (Å²) in [4.78, 5) is 28.0. The lowest BCUT2D eigenvalue weighted by Crippen LogP contribution is -2.35. The topological polar surface area (TPSA) is 85.6 Å². The number of halogens is 1. The van der Waals surface area contributed by atoms with Gasteiger partial charge in [-0.1, -0.05) is 32.1 Å². The van der Waals surface area contributed by atoms with Crippen LogP contribution in [0.4, 0.5) is 10.2 Å². The van der Waals surface area contributed by atoms with Crippen molar-refractivity contribution in [3.8, 4) is 17.2 Å². The van der Waals surface area contributed by atoms with E-state index in [9.17, 15) is 9.18 Å². The summed E-state index contributed by atoms with van der Waals surface area (Å²) in [6, 6.07) is 11.6. The smallest absolute Gasteiger partial charge is 0.254 e. The van der Waals surface area contributed by atoms with Crippen LogP contribution in [0.1, 0.15) is 60.4 Å². The van der Waals surface area contributed by atoms with Crippen LogP contribution in [0.15, 0.2) is 42.5 Å². The molecule has 226 valence electrons. The van der Waals surface area contributed by atoms with Crippen molar-refractivity contribution in [3.63, 3.8) is 0 Å². The first kappa shape index (κ1) is 28.9. The summed E-state index contributed by atoms with van der Waals surface area (Å²) in [6.45, 7) is 4.53. The maximum Gasteiger partial charge on any atom is 0.254 e. The molecule has 1 aliphatic carbocycles. The quantitative estimate of drug-likeness (QED) is 0.272. The van der Waals surface area contributed by atoms with Crippen LogP contribution in [0, 0.1) is 18.7 Å². The molecular weight excluding hydrogens is 547 g/mol. The number of ether oxygens (including phenoxy) is 2. The van der Waals surface area contributed by atoms with Gasteiger partial charge >= 0.3 is 0 Å². The van der Waals surface area contributed by atoms with Crippen LogP contribution < -0.4 is 14.4 Å². The minimum atomic E-state index is -0.290. The van der Waals surface area contributed by atoms with Crippen LogP contribution in [-0.2, 0) is 6.42 Å². The van der Waals surface area contributed by atoms with E-state index in [-0.39, 0.29) is 11.7 Å². The molecule has 43 heavy (non-hydrogen) atoms. The zero-order chi connectivity index (χ0) is 29.9. The van der Waals surface area contributed by atoms with Gasteiger partial charge in [-0.05, 0) is 55.7 Å². The summed E-state index contributed by atoms with van der Waals surface area (Å²) in [5, 5.41) is 5.75. The van der Waals surface area contributed by atoms with E-state index in [2.05, 4.69) is 4.90 Å². The lowest BCUT2D eigenvalue weighted by atomic mass is 9.87. The van der Waals surface area contributed by atoms with Crippen molar-refractivity contribution in [3.05, 3.63) is 65.4 Å². The first-order valence-electron chi connectivity index (χ1n) is 15.2. The lowest BCUT2D eigenvalue weighted by Gasteiger charge is -2.25. The molecule has 2 aromatic carbocycles. The highest BCUT2D eigenvalue weighted by molar-refractivity contribution is 5.95. The predicted octanol–water partition coefficient (Wildman–Crippen LogP) is 5.76. The molecule has 0 radical (unpaired) electrons. The fourth-order valence-corrected chi connectivity index (χ4v) is 6.38. The summed E-state index contributed by atoms with van der Waals surface area (Å²) in [5.74, 6) is 3.08. The molecule has 9 nitrogen and oxygen atoms in total. The lowest BCUT2D eigenvalue weighted by molar-refractivity contribution is 0.0766. The van der Waals surface area contributed by atoms with Gasteiger partial charge in [0.15, 0.2) is 5.65 Å². The van der Waals surface area contributed by atoms with Crippen LogP contribution >= 0.6 is 0 Å². The van der Waals surface area contributed by atoms with E-state index in [0.717, 1.165) is 53.4 Å². The van der Waals surface area contributed by atoms with E-state index in [1.54, 1.807) is 44.6 Å². The summed E-state index contributed by atoms with van der Waals surface area (Å²) in [6.07, 6.45) is 7.81. The molecule has 1 saturated heterocycles. The van der Waals surface area contributed by atoms with Gasteiger partial charge in [0.05, 0.1) is 31.0 Å². The zero-order valence-electron chi connectivity index (χ0n) is 25.2. The summed E-state index contributed by atoms with van der Waals surface area (Å²) in [5.41, 5.74) is 2.86. The van der Waals surface area contributed by atoms with Crippen LogP contribution in [0.5, 0.6) is 11.5 Å². The average Bonchev–Trinajstić information content (AvgIpc) is 3.19. The molecule has 1 aliphatic heterocycles. The molecule has 1 amide bonds. The van der Waals surface area contributed by atoms with E-state index >= 15 is 0 Å².